The second kappa shape index (κ2) is 6.10. The first-order chi connectivity index (χ1) is 10.2. The van der Waals surface area contributed by atoms with Gasteiger partial charge in [-0.1, -0.05) is 15.9 Å². The Hall–Kier alpha value is -2.13. The summed E-state index contributed by atoms with van der Waals surface area (Å²) in [4.78, 5) is 10.7. The number of hydrogen-bond acceptors (Lipinski definition) is 5. The van der Waals surface area contributed by atoms with Gasteiger partial charge >= 0.3 is 0 Å². The number of nitrogens with one attached hydrogen (secondary N) is 1. The Morgan fingerprint density at radius 3 is 2.86 bits per heavy atom. The molecule has 1 aromatic carbocycles. The standard InChI is InChI=1S/C15H14BrN5/c16-12-6-11(9-17)7-14(8-12)21-5-2-13(10-21)20-15-18-3-1-4-19-15/h1,3-4,6-8,13H,2,5,10H2,(H,18,19,20). The third kappa shape index (κ3) is 3.31. The average Bonchev–Trinajstić information content (AvgIpc) is 2.96. The van der Waals surface area contributed by atoms with Crippen LogP contribution >= 0.6 is 15.9 Å². The molecule has 0 amide bonds. The molecule has 1 unspecified atom stereocenters. The van der Waals surface area contributed by atoms with Crippen molar-refractivity contribution >= 4 is 27.6 Å². The van der Waals surface area contributed by atoms with Crippen molar-refractivity contribution in [2.75, 3.05) is 23.3 Å². The fourth-order valence-electron chi connectivity index (χ4n) is 2.49. The highest BCUT2D eigenvalue weighted by molar-refractivity contribution is 9.10. The van der Waals surface area contributed by atoms with Crippen LogP contribution in [0.25, 0.3) is 0 Å². The predicted molar refractivity (Wildman–Crippen MR) is 85.1 cm³/mol. The number of hydrogen-bond donors (Lipinski definition) is 1. The molecule has 0 saturated carbocycles. The average molecular weight is 344 g/mol. The van der Waals surface area contributed by atoms with E-state index in [1.807, 2.05) is 18.2 Å². The van der Waals surface area contributed by atoms with Crippen molar-refractivity contribution in [1.82, 2.24) is 9.97 Å². The maximum atomic E-state index is 9.06. The Bertz CT molecular complexity index is 668. The summed E-state index contributed by atoms with van der Waals surface area (Å²) < 4.78 is 0.930. The lowest BCUT2D eigenvalue weighted by Crippen LogP contribution is -2.26. The molecule has 1 aliphatic rings. The van der Waals surface area contributed by atoms with E-state index in [-0.39, 0.29) is 0 Å². The van der Waals surface area contributed by atoms with Crippen LogP contribution in [0.1, 0.15) is 12.0 Å². The number of nitriles is 1. The van der Waals surface area contributed by atoms with Crippen molar-refractivity contribution in [3.8, 4) is 6.07 Å². The Morgan fingerprint density at radius 1 is 1.29 bits per heavy atom. The van der Waals surface area contributed by atoms with Crippen molar-refractivity contribution in [3.05, 3.63) is 46.7 Å². The second-order valence-corrected chi connectivity index (χ2v) is 5.87. The zero-order valence-electron chi connectivity index (χ0n) is 11.3. The van der Waals surface area contributed by atoms with Crippen molar-refractivity contribution < 1.29 is 0 Å². The molecule has 5 nitrogen and oxygen atoms in total. The fraction of sp³-hybridized carbons (Fsp3) is 0.267. The highest BCUT2D eigenvalue weighted by Gasteiger charge is 2.23. The van der Waals surface area contributed by atoms with E-state index in [1.165, 1.54) is 0 Å². The van der Waals surface area contributed by atoms with E-state index in [0.717, 1.165) is 29.7 Å². The molecule has 2 aromatic rings. The van der Waals surface area contributed by atoms with Gasteiger partial charge in [-0.3, -0.25) is 0 Å². The van der Waals surface area contributed by atoms with Crippen LogP contribution < -0.4 is 10.2 Å². The minimum Gasteiger partial charge on any atom is -0.369 e. The number of anilines is 2. The smallest absolute Gasteiger partial charge is 0.222 e. The highest BCUT2D eigenvalue weighted by atomic mass is 79.9. The number of rotatable bonds is 3. The Morgan fingerprint density at radius 2 is 2.10 bits per heavy atom. The first kappa shape index (κ1) is 13.8. The van der Waals surface area contributed by atoms with Gasteiger partial charge in [0.05, 0.1) is 11.6 Å². The van der Waals surface area contributed by atoms with Crippen LogP contribution in [0.15, 0.2) is 41.1 Å². The Balaban J connectivity index is 1.70. The largest absolute Gasteiger partial charge is 0.369 e. The second-order valence-electron chi connectivity index (χ2n) is 4.96. The summed E-state index contributed by atoms with van der Waals surface area (Å²) in [5, 5.41) is 12.4. The SMILES string of the molecule is N#Cc1cc(Br)cc(N2CCC(Nc3ncccn3)C2)c1. The van der Waals surface area contributed by atoms with Gasteiger partial charge in [0.2, 0.25) is 5.95 Å². The number of aromatic nitrogens is 2. The first-order valence-electron chi connectivity index (χ1n) is 6.74. The summed E-state index contributed by atoms with van der Waals surface area (Å²) in [5.41, 5.74) is 1.74. The molecule has 3 rings (SSSR count). The van der Waals surface area contributed by atoms with E-state index in [4.69, 9.17) is 5.26 Å². The molecule has 0 bridgehead atoms. The monoisotopic (exact) mass is 343 g/mol. The van der Waals surface area contributed by atoms with Gasteiger partial charge in [0.1, 0.15) is 0 Å². The molecule has 0 radical (unpaired) electrons. The van der Waals surface area contributed by atoms with Crippen LogP contribution in [0.5, 0.6) is 0 Å². The van der Waals surface area contributed by atoms with Gasteiger partial charge in [0.25, 0.3) is 0 Å². The topological polar surface area (TPSA) is 64.8 Å². The zero-order valence-corrected chi connectivity index (χ0v) is 12.9. The molecule has 1 atom stereocenters. The van der Waals surface area contributed by atoms with Gasteiger partial charge in [-0.15, -0.1) is 0 Å². The number of halogens is 1. The van der Waals surface area contributed by atoms with Crippen molar-refractivity contribution in [3.63, 3.8) is 0 Å². The predicted octanol–water partition coefficient (Wildman–Crippen LogP) is 2.80. The first-order valence-corrected chi connectivity index (χ1v) is 7.53. The molecule has 1 aliphatic heterocycles. The van der Waals surface area contributed by atoms with Crippen molar-refractivity contribution in [1.29, 1.82) is 5.26 Å². The van der Waals surface area contributed by atoms with E-state index in [2.05, 4.69) is 42.2 Å². The summed E-state index contributed by atoms with van der Waals surface area (Å²) in [5.74, 6) is 0.663. The molecule has 21 heavy (non-hydrogen) atoms. The maximum absolute atomic E-state index is 9.06. The summed E-state index contributed by atoms with van der Waals surface area (Å²) in [6.45, 7) is 1.82. The molecule has 2 heterocycles. The Kier molecular flexibility index (Phi) is 4.02. The van der Waals surface area contributed by atoms with E-state index in [9.17, 15) is 0 Å². The zero-order chi connectivity index (χ0) is 14.7. The van der Waals surface area contributed by atoms with E-state index >= 15 is 0 Å². The molecule has 1 fully saturated rings. The van der Waals surface area contributed by atoms with Crippen LogP contribution in [0.4, 0.5) is 11.6 Å². The molecule has 1 N–H and O–H groups in total. The summed E-state index contributed by atoms with van der Waals surface area (Å²) >= 11 is 3.46. The normalized spacial score (nSPS) is 17.5. The van der Waals surface area contributed by atoms with Gasteiger partial charge in [0.15, 0.2) is 0 Å². The van der Waals surface area contributed by atoms with E-state index < -0.39 is 0 Å². The summed E-state index contributed by atoms with van der Waals surface area (Å²) in [7, 11) is 0. The van der Waals surface area contributed by atoms with Gasteiger partial charge < -0.3 is 10.2 Å². The molecular formula is C15H14BrN5. The van der Waals surface area contributed by atoms with Gasteiger partial charge in [-0.05, 0) is 30.7 Å². The molecular weight excluding hydrogens is 330 g/mol. The van der Waals surface area contributed by atoms with E-state index in [1.54, 1.807) is 18.5 Å². The minimum atomic E-state index is 0.317. The lowest BCUT2D eigenvalue weighted by atomic mass is 10.2. The quantitative estimate of drug-likeness (QED) is 0.928. The van der Waals surface area contributed by atoms with Crippen LogP contribution in [0, 0.1) is 11.3 Å². The molecule has 6 heteroatoms. The Labute approximate surface area is 131 Å². The van der Waals surface area contributed by atoms with Crippen molar-refractivity contribution in [2.24, 2.45) is 0 Å². The van der Waals surface area contributed by atoms with Crippen molar-refractivity contribution in [2.45, 2.75) is 12.5 Å². The third-order valence-electron chi connectivity index (χ3n) is 3.46. The third-order valence-corrected chi connectivity index (χ3v) is 3.92. The number of benzene rings is 1. The summed E-state index contributed by atoms with van der Waals surface area (Å²) in [6, 6.07) is 10.1. The molecule has 0 spiro atoms. The molecule has 1 aromatic heterocycles. The maximum Gasteiger partial charge on any atom is 0.222 e. The van der Waals surface area contributed by atoms with Gasteiger partial charge in [-0.25, -0.2) is 9.97 Å². The fourth-order valence-corrected chi connectivity index (χ4v) is 2.97. The van der Waals surface area contributed by atoms with Crippen LogP contribution in [0.3, 0.4) is 0 Å². The molecule has 106 valence electrons. The highest BCUT2D eigenvalue weighted by Crippen LogP contribution is 2.26. The summed E-state index contributed by atoms with van der Waals surface area (Å²) in [6.07, 6.45) is 4.48. The van der Waals surface area contributed by atoms with E-state index in [0.29, 0.717) is 17.6 Å². The minimum absolute atomic E-state index is 0.317. The molecule has 0 aliphatic carbocycles. The molecule has 1 saturated heterocycles. The van der Waals surface area contributed by atoms with Crippen LogP contribution in [-0.4, -0.2) is 29.1 Å². The number of nitrogens with zero attached hydrogens (tertiary/aromatic N) is 4. The van der Waals surface area contributed by atoms with Gasteiger partial charge in [-0.2, -0.15) is 5.26 Å². The van der Waals surface area contributed by atoms with Crippen LogP contribution in [0.2, 0.25) is 0 Å². The lowest BCUT2D eigenvalue weighted by Gasteiger charge is -2.19. The lowest BCUT2D eigenvalue weighted by molar-refractivity contribution is 0.792. The van der Waals surface area contributed by atoms with Gasteiger partial charge in [0, 0.05) is 41.7 Å². The van der Waals surface area contributed by atoms with Crippen LogP contribution in [-0.2, 0) is 0 Å².